The molecule has 3 heteroatoms. The van der Waals surface area contributed by atoms with Crippen LogP contribution in [0.3, 0.4) is 0 Å². The lowest BCUT2D eigenvalue weighted by molar-refractivity contribution is -0.384. The molecule has 0 saturated heterocycles. The molecule has 2 rings (SSSR count). The Labute approximate surface area is 99.2 Å². The van der Waals surface area contributed by atoms with E-state index in [1.807, 2.05) is 24.3 Å². The van der Waals surface area contributed by atoms with Gasteiger partial charge in [0.05, 0.1) is 4.92 Å². The van der Waals surface area contributed by atoms with Crippen LogP contribution in [-0.2, 0) is 0 Å². The van der Waals surface area contributed by atoms with E-state index in [9.17, 15) is 10.1 Å². The number of rotatable bonds is 3. The summed E-state index contributed by atoms with van der Waals surface area (Å²) in [5, 5.41) is 10.5. The molecule has 0 amide bonds. The Kier molecular flexibility index (Phi) is 3.34. The first-order valence-electron chi connectivity index (χ1n) is 5.28. The molecule has 0 heterocycles. The zero-order chi connectivity index (χ0) is 12.1. The van der Waals surface area contributed by atoms with Gasteiger partial charge in [0.25, 0.3) is 5.69 Å². The SMILES string of the molecule is O=[N+]([O-])c1ccc(C=C=CC2=CC=CC2)cc1. The molecule has 0 atom stereocenters. The van der Waals surface area contributed by atoms with E-state index in [-0.39, 0.29) is 5.69 Å². The summed E-state index contributed by atoms with van der Waals surface area (Å²) in [6.45, 7) is 0. The summed E-state index contributed by atoms with van der Waals surface area (Å²) in [6, 6.07) is 6.40. The molecule has 0 aliphatic heterocycles. The van der Waals surface area contributed by atoms with E-state index in [0.717, 1.165) is 12.0 Å². The molecule has 0 unspecified atom stereocenters. The van der Waals surface area contributed by atoms with Gasteiger partial charge in [0, 0.05) is 12.1 Å². The van der Waals surface area contributed by atoms with Crippen molar-refractivity contribution in [1.29, 1.82) is 0 Å². The standard InChI is InChI=1S/C14H11NO2/c16-15(17)14-10-8-13(9-11-14)7-3-6-12-4-1-2-5-12/h1-2,4,6-11H,5H2. The molecule has 84 valence electrons. The Balaban J connectivity index is 2.08. The van der Waals surface area contributed by atoms with Gasteiger partial charge in [-0.15, -0.1) is 5.73 Å². The summed E-state index contributed by atoms with van der Waals surface area (Å²) >= 11 is 0. The number of allylic oxidation sites excluding steroid dienone is 5. The van der Waals surface area contributed by atoms with Crippen LogP contribution in [0.25, 0.3) is 6.08 Å². The number of hydrogen-bond acceptors (Lipinski definition) is 2. The van der Waals surface area contributed by atoms with E-state index in [0.29, 0.717) is 0 Å². The van der Waals surface area contributed by atoms with Crippen molar-refractivity contribution in [3.05, 3.63) is 75.6 Å². The molecule has 0 fully saturated rings. The van der Waals surface area contributed by atoms with Crippen molar-refractivity contribution >= 4 is 11.8 Å². The minimum Gasteiger partial charge on any atom is -0.258 e. The fourth-order valence-corrected chi connectivity index (χ4v) is 1.51. The highest BCUT2D eigenvalue weighted by molar-refractivity contribution is 5.52. The fraction of sp³-hybridized carbons (Fsp3) is 0.0714. The molecule has 0 saturated carbocycles. The number of nitrogens with zero attached hydrogens (tertiary/aromatic N) is 1. The first-order chi connectivity index (χ1) is 8.25. The first-order valence-corrected chi connectivity index (χ1v) is 5.28. The Morgan fingerprint density at radius 2 is 2.00 bits per heavy atom. The molecule has 0 radical (unpaired) electrons. The highest BCUT2D eigenvalue weighted by Crippen LogP contribution is 2.13. The molecule has 1 aromatic carbocycles. The summed E-state index contributed by atoms with van der Waals surface area (Å²) < 4.78 is 0. The summed E-state index contributed by atoms with van der Waals surface area (Å²) in [4.78, 5) is 10.1. The van der Waals surface area contributed by atoms with Crippen LogP contribution in [0.2, 0.25) is 0 Å². The number of hydrogen-bond donors (Lipinski definition) is 0. The molecule has 17 heavy (non-hydrogen) atoms. The van der Waals surface area contributed by atoms with Crippen LogP contribution < -0.4 is 0 Å². The molecular weight excluding hydrogens is 214 g/mol. The van der Waals surface area contributed by atoms with Gasteiger partial charge >= 0.3 is 0 Å². The molecule has 0 N–H and O–H groups in total. The first kappa shape index (κ1) is 11.1. The van der Waals surface area contributed by atoms with E-state index < -0.39 is 4.92 Å². The molecule has 0 bridgehead atoms. The molecule has 1 aliphatic carbocycles. The van der Waals surface area contributed by atoms with Gasteiger partial charge in [0.2, 0.25) is 0 Å². The highest BCUT2D eigenvalue weighted by Gasteiger charge is 2.01. The van der Waals surface area contributed by atoms with Gasteiger partial charge in [0.15, 0.2) is 0 Å². The van der Waals surface area contributed by atoms with Gasteiger partial charge < -0.3 is 0 Å². The minimum atomic E-state index is -0.404. The number of non-ortho nitro benzene ring substituents is 1. The minimum absolute atomic E-state index is 0.105. The Bertz CT molecular complexity index is 544. The second-order valence-electron chi connectivity index (χ2n) is 3.68. The summed E-state index contributed by atoms with van der Waals surface area (Å²) in [5.74, 6) is 0. The van der Waals surface area contributed by atoms with Crippen molar-refractivity contribution in [3.8, 4) is 0 Å². The van der Waals surface area contributed by atoms with E-state index in [1.165, 1.54) is 17.7 Å². The second kappa shape index (κ2) is 5.10. The van der Waals surface area contributed by atoms with Gasteiger partial charge in [-0.3, -0.25) is 10.1 Å². The maximum atomic E-state index is 10.5. The van der Waals surface area contributed by atoms with Crippen LogP contribution in [0, 0.1) is 10.1 Å². The van der Waals surface area contributed by atoms with Crippen LogP contribution >= 0.6 is 0 Å². The largest absolute Gasteiger partial charge is 0.269 e. The number of benzene rings is 1. The van der Waals surface area contributed by atoms with E-state index >= 15 is 0 Å². The summed E-state index contributed by atoms with van der Waals surface area (Å²) in [5.41, 5.74) is 5.28. The second-order valence-corrected chi connectivity index (χ2v) is 3.68. The maximum Gasteiger partial charge on any atom is 0.269 e. The lowest BCUT2D eigenvalue weighted by Crippen LogP contribution is -1.86. The van der Waals surface area contributed by atoms with Crippen LogP contribution in [0.1, 0.15) is 12.0 Å². The van der Waals surface area contributed by atoms with Crippen LogP contribution in [0.5, 0.6) is 0 Å². The van der Waals surface area contributed by atoms with Crippen molar-refractivity contribution in [2.45, 2.75) is 6.42 Å². The van der Waals surface area contributed by atoms with Gasteiger partial charge in [-0.25, -0.2) is 0 Å². The van der Waals surface area contributed by atoms with Crippen LogP contribution in [-0.4, -0.2) is 4.92 Å². The van der Waals surface area contributed by atoms with E-state index in [2.05, 4.69) is 11.8 Å². The Hall–Kier alpha value is -2.38. The average Bonchev–Trinajstić information content (AvgIpc) is 2.83. The summed E-state index contributed by atoms with van der Waals surface area (Å²) in [6.07, 6.45) is 10.8. The topological polar surface area (TPSA) is 43.1 Å². The van der Waals surface area contributed by atoms with Gasteiger partial charge in [0.1, 0.15) is 0 Å². The van der Waals surface area contributed by atoms with Crippen molar-refractivity contribution < 1.29 is 4.92 Å². The van der Waals surface area contributed by atoms with Crippen molar-refractivity contribution in [1.82, 2.24) is 0 Å². The molecule has 1 aliphatic rings. The van der Waals surface area contributed by atoms with Crippen molar-refractivity contribution in [2.75, 3.05) is 0 Å². The van der Waals surface area contributed by atoms with Gasteiger partial charge in [-0.05, 0) is 41.8 Å². The van der Waals surface area contributed by atoms with Crippen LogP contribution in [0.15, 0.2) is 59.9 Å². The zero-order valence-electron chi connectivity index (χ0n) is 9.17. The average molecular weight is 225 g/mol. The molecule has 3 nitrogen and oxygen atoms in total. The third kappa shape index (κ3) is 3.03. The Morgan fingerprint density at radius 1 is 1.24 bits per heavy atom. The lowest BCUT2D eigenvalue weighted by Gasteiger charge is -1.91. The molecule has 1 aromatic rings. The Morgan fingerprint density at radius 3 is 2.59 bits per heavy atom. The normalized spacial score (nSPS) is 12.8. The van der Waals surface area contributed by atoms with Crippen molar-refractivity contribution in [3.63, 3.8) is 0 Å². The van der Waals surface area contributed by atoms with Gasteiger partial charge in [-0.1, -0.05) is 18.2 Å². The molecule has 0 aromatic heterocycles. The van der Waals surface area contributed by atoms with E-state index in [4.69, 9.17) is 0 Å². The fourth-order valence-electron chi connectivity index (χ4n) is 1.51. The predicted octanol–water partition coefficient (Wildman–Crippen LogP) is 3.65. The molecule has 0 spiro atoms. The van der Waals surface area contributed by atoms with E-state index in [1.54, 1.807) is 12.1 Å². The monoisotopic (exact) mass is 225 g/mol. The van der Waals surface area contributed by atoms with Gasteiger partial charge in [-0.2, -0.15) is 0 Å². The summed E-state index contributed by atoms with van der Waals surface area (Å²) in [7, 11) is 0. The number of nitro groups is 1. The smallest absolute Gasteiger partial charge is 0.258 e. The number of nitro benzene ring substituents is 1. The maximum absolute atomic E-state index is 10.5. The van der Waals surface area contributed by atoms with Crippen LogP contribution in [0.4, 0.5) is 5.69 Å². The zero-order valence-corrected chi connectivity index (χ0v) is 9.17. The highest BCUT2D eigenvalue weighted by atomic mass is 16.6. The lowest BCUT2D eigenvalue weighted by atomic mass is 10.2. The quantitative estimate of drug-likeness (QED) is 0.447. The van der Waals surface area contributed by atoms with Crippen molar-refractivity contribution in [2.24, 2.45) is 0 Å². The third-order valence-corrected chi connectivity index (χ3v) is 2.42. The predicted molar refractivity (Wildman–Crippen MR) is 67.5 cm³/mol. The third-order valence-electron chi connectivity index (χ3n) is 2.42. The molecular formula is C14H11NO2.